The third kappa shape index (κ3) is 3.23. The van der Waals surface area contributed by atoms with Crippen molar-refractivity contribution in [1.82, 2.24) is 0 Å². The van der Waals surface area contributed by atoms with E-state index in [9.17, 15) is 12.8 Å². The lowest BCUT2D eigenvalue weighted by molar-refractivity contribution is -0.00367. The fourth-order valence-corrected chi connectivity index (χ4v) is 2.10. The second-order valence-electron chi connectivity index (χ2n) is 3.30. The molecule has 2 N–H and O–H groups in total. The molecule has 0 aliphatic carbocycles. The van der Waals surface area contributed by atoms with Gasteiger partial charge >= 0.3 is 0 Å². The minimum Gasteiger partial charge on any atom is -0.351 e. The van der Waals surface area contributed by atoms with Crippen molar-refractivity contribution in [3.8, 4) is 6.07 Å². The second-order valence-corrected chi connectivity index (χ2v) is 4.83. The summed E-state index contributed by atoms with van der Waals surface area (Å²) in [7, 11) is -2.82. The number of methoxy groups -OCH3 is 1. The van der Waals surface area contributed by atoms with Crippen LogP contribution in [0.2, 0.25) is 0 Å². The zero-order valence-corrected chi connectivity index (χ0v) is 9.87. The van der Waals surface area contributed by atoms with E-state index in [1.807, 2.05) is 0 Å². The maximum Gasteiger partial charge on any atom is 0.239 e. The normalized spacial score (nSPS) is 13.1. The van der Waals surface area contributed by atoms with E-state index >= 15 is 0 Å². The summed E-state index contributed by atoms with van der Waals surface area (Å²) in [6, 6.07) is 5.78. The molecule has 1 aromatic carbocycles. The molecule has 0 fully saturated rings. The molecule has 0 bridgehead atoms. The average Bonchev–Trinajstić information content (AvgIpc) is 2.27. The largest absolute Gasteiger partial charge is 0.351 e. The molecule has 0 amide bonds. The summed E-state index contributed by atoms with van der Waals surface area (Å²) in [5, 5.41) is 13.9. The van der Waals surface area contributed by atoms with Crippen LogP contribution < -0.4 is 5.14 Å². The lowest BCUT2D eigenvalue weighted by atomic mass is 10.1. The highest BCUT2D eigenvalue weighted by molar-refractivity contribution is 7.89. The molecule has 5 nitrogen and oxygen atoms in total. The molecule has 0 radical (unpaired) electrons. The van der Waals surface area contributed by atoms with Gasteiger partial charge in [-0.1, -0.05) is 12.1 Å². The molecule has 7 heteroatoms. The van der Waals surface area contributed by atoms with Crippen LogP contribution in [0.5, 0.6) is 0 Å². The van der Waals surface area contributed by atoms with Gasteiger partial charge in [-0.3, -0.25) is 0 Å². The van der Waals surface area contributed by atoms with Gasteiger partial charge in [0.1, 0.15) is 6.07 Å². The fraction of sp³-hybridized carbons (Fsp3) is 0.300. The summed E-state index contributed by atoms with van der Waals surface area (Å²) in [6.07, 6.45) is -1.80. The lowest BCUT2D eigenvalue weighted by Crippen LogP contribution is -2.16. The zero-order chi connectivity index (χ0) is 13.1. The predicted molar refractivity (Wildman–Crippen MR) is 58.1 cm³/mol. The number of hydrogen-bond acceptors (Lipinski definition) is 4. The van der Waals surface area contributed by atoms with Gasteiger partial charge < -0.3 is 4.74 Å². The summed E-state index contributed by atoms with van der Waals surface area (Å²) >= 11 is 0. The second kappa shape index (κ2) is 5.23. The molecule has 1 rings (SSSR count). The van der Waals surface area contributed by atoms with Gasteiger partial charge in [-0.25, -0.2) is 17.9 Å². The Hall–Kier alpha value is -1.49. The Kier molecular flexibility index (Phi) is 4.17. The maximum absolute atomic E-state index is 13.0. The van der Waals surface area contributed by atoms with E-state index in [2.05, 4.69) is 4.74 Å². The van der Waals surface area contributed by atoms with Gasteiger partial charge in [0.15, 0.2) is 0 Å². The Labute approximate surface area is 98.7 Å². The van der Waals surface area contributed by atoms with E-state index in [-0.39, 0.29) is 22.4 Å². The van der Waals surface area contributed by atoms with Crippen LogP contribution in [0.1, 0.15) is 11.1 Å². The monoisotopic (exact) mass is 258 g/mol. The topological polar surface area (TPSA) is 93.2 Å². The first-order valence-corrected chi connectivity index (χ1v) is 6.16. The van der Waals surface area contributed by atoms with Crippen molar-refractivity contribution in [2.24, 2.45) is 5.14 Å². The van der Waals surface area contributed by atoms with E-state index in [4.69, 9.17) is 10.4 Å². The molecule has 0 aromatic heterocycles. The molecule has 0 heterocycles. The van der Waals surface area contributed by atoms with Gasteiger partial charge in [-0.2, -0.15) is 5.26 Å². The first-order chi connectivity index (χ1) is 7.90. The smallest absolute Gasteiger partial charge is 0.239 e. The Bertz CT molecular complexity index is 551. The minimum atomic E-state index is -4.00. The first kappa shape index (κ1) is 13.6. The van der Waals surface area contributed by atoms with Crippen molar-refractivity contribution in [2.45, 2.75) is 17.7 Å². The van der Waals surface area contributed by atoms with E-state index in [1.54, 1.807) is 6.07 Å². The molecule has 17 heavy (non-hydrogen) atoms. The highest BCUT2D eigenvalue weighted by Gasteiger charge is 2.18. The Morgan fingerprint density at radius 1 is 1.59 bits per heavy atom. The summed E-state index contributed by atoms with van der Waals surface area (Å²) in [5.41, 5.74) is 0.100. The highest BCUT2D eigenvalue weighted by Crippen LogP contribution is 2.20. The first-order valence-electron chi connectivity index (χ1n) is 4.61. The fourth-order valence-electron chi connectivity index (χ4n) is 1.37. The number of ether oxygens (including phenoxy) is 1. The highest BCUT2D eigenvalue weighted by atomic mass is 32.2. The number of hydrogen-bond donors (Lipinski definition) is 1. The maximum atomic E-state index is 13.0. The standard InChI is InChI=1S/C10H11FN2O3S/c1-16-10(11)5-7-3-2-4-9(8(7)6-12)17(13,14)15/h2-4,10H,5H2,1H3,(H2,13,14,15). The summed E-state index contributed by atoms with van der Waals surface area (Å²) in [4.78, 5) is -0.305. The molecular formula is C10H11FN2O3S. The molecule has 1 atom stereocenters. The Morgan fingerprint density at radius 3 is 2.71 bits per heavy atom. The number of alkyl halides is 1. The van der Waals surface area contributed by atoms with Crippen molar-refractivity contribution in [3.63, 3.8) is 0 Å². The van der Waals surface area contributed by atoms with E-state index in [0.29, 0.717) is 0 Å². The molecular weight excluding hydrogens is 247 g/mol. The van der Waals surface area contributed by atoms with Crippen LogP contribution in [0.3, 0.4) is 0 Å². The number of nitrogens with zero attached hydrogens (tertiary/aromatic N) is 1. The van der Waals surface area contributed by atoms with Gasteiger partial charge in [0.05, 0.1) is 10.5 Å². The summed E-state index contributed by atoms with van der Waals surface area (Å²) in [6.45, 7) is 0. The number of sulfonamides is 1. The Balaban J connectivity index is 3.31. The lowest BCUT2D eigenvalue weighted by Gasteiger charge is -2.09. The predicted octanol–water partition coefficient (Wildman–Crippen LogP) is 0.690. The minimum absolute atomic E-state index is 0.144. The van der Waals surface area contributed by atoms with Crippen LogP contribution in [-0.4, -0.2) is 21.9 Å². The van der Waals surface area contributed by atoms with Gasteiger partial charge in [0, 0.05) is 13.5 Å². The number of rotatable bonds is 4. The molecule has 1 aromatic rings. The molecule has 0 spiro atoms. The molecule has 0 aliphatic rings. The van der Waals surface area contributed by atoms with Crippen LogP contribution in [0.4, 0.5) is 4.39 Å². The van der Waals surface area contributed by atoms with E-state index in [1.165, 1.54) is 25.3 Å². The van der Waals surface area contributed by atoms with E-state index in [0.717, 1.165) is 0 Å². The third-order valence-electron chi connectivity index (χ3n) is 2.17. The van der Waals surface area contributed by atoms with Crippen LogP contribution in [-0.2, 0) is 21.2 Å². The van der Waals surface area contributed by atoms with Gasteiger partial charge in [-0.15, -0.1) is 0 Å². The number of halogens is 1. The summed E-state index contributed by atoms with van der Waals surface area (Å²) < 4.78 is 39.9. The molecule has 0 saturated heterocycles. The van der Waals surface area contributed by atoms with E-state index < -0.39 is 16.4 Å². The average molecular weight is 258 g/mol. The summed E-state index contributed by atoms with van der Waals surface area (Å²) in [5.74, 6) is 0. The van der Waals surface area contributed by atoms with Gasteiger partial charge in [0.2, 0.25) is 16.4 Å². The number of primary sulfonamides is 1. The van der Waals surface area contributed by atoms with Crippen molar-refractivity contribution < 1.29 is 17.5 Å². The van der Waals surface area contributed by atoms with Crippen molar-refractivity contribution in [3.05, 3.63) is 29.3 Å². The van der Waals surface area contributed by atoms with Crippen molar-refractivity contribution in [1.29, 1.82) is 5.26 Å². The third-order valence-corrected chi connectivity index (χ3v) is 3.12. The Morgan fingerprint density at radius 2 is 2.24 bits per heavy atom. The van der Waals surface area contributed by atoms with Crippen molar-refractivity contribution in [2.75, 3.05) is 7.11 Å². The molecule has 1 unspecified atom stereocenters. The molecule has 0 saturated carbocycles. The number of nitrogens with two attached hydrogens (primary N) is 1. The van der Waals surface area contributed by atoms with Crippen LogP contribution in [0.15, 0.2) is 23.1 Å². The van der Waals surface area contributed by atoms with Gasteiger partial charge in [-0.05, 0) is 11.6 Å². The number of nitriles is 1. The van der Waals surface area contributed by atoms with Crippen LogP contribution in [0.25, 0.3) is 0 Å². The van der Waals surface area contributed by atoms with Crippen molar-refractivity contribution >= 4 is 10.0 Å². The number of benzene rings is 1. The van der Waals surface area contributed by atoms with Gasteiger partial charge in [0.25, 0.3) is 0 Å². The zero-order valence-electron chi connectivity index (χ0n) is 9.05. The quantitative estimate of drug-likeness (QED) is 0.859. The van der Waals surface area contributed by atoms with Crippen LogP contribution in [0, 0.1) is 11.3 Å². The van der Waals surface area contributed by atoms with Crippen LogP contribution >= 0.6 is 0 Å². The SMILES string of the molecule is COC(F)Cc1cccc(S(N)(=O)=O)c1C#N. The molecule has 92 valence electrons. The molecule has 0 aliphatic heterocycles.